The summed E-state index contributed by atoms with van der Waals surface area (Å²) in [6.45, 7) is 3.94. The third kappa shape index (κ3) is 4.36. The minimum atomic E-state index is -0.386. The number of benzene rings is 1. The van der Waals surface area contributed by atoms with Crippen molar-refractivity contribution in [2.75, 3.05) is 10.6 Å². The Morgan fingerprint density at radius 1 is 1.23 bits per heavy atom. The molecule has 116 valence electrons. The third-order valence-corrected chi connectivity index (χ3v) is 3.15. The predicted octanol–water partition coefficient (Wildman–Crippen LogP) is 4.17. The molecule has 0 saturated heterocycles. The molecule has 0 fully saturated rings. The monoisotopic (exact) mass is 320 g/mol. The van der Waals surface area contributed by atoms with Crippen molar-refractivity contribution in [3.05, 3.63) is 47.4 Å². The maximum Gasteiger partial charge on any atom is 0.291 e. The van der Waals surface area contributed by atoms with Gasteiger partial charge in [0.15, 0.2) is 5.76 Å². The standard InChI is InChI=1S/C16H17ClN2O3/c1-10(2)8-15(20)18-11-5-6-13(12(17)9-11)19-16(21)14-4-3-7-22-14/h3-7,9-10H,8H2,1-2H3,(H,18,20)(H,19,21). The maximum atomic E-state index is 11.9. The number of anilines is 2. The Balaban J connectivity index is 2.03. The molecule has 0 unspecified atom stereocenters. The normalized spacial score (nSPS) is 10.5. The number of amides is 2. The van der Waals surface area contributed by atoms with Gasteiger partial charge < -0.3 is 15.1 Å². The second-order valence-electron chi connectivity index (χ2n) is 5.27. The first-order valence-electron chi connectivity index (χ1n) is 6.90. The van der Waals surface area contributed by atoms with E-state index < -0.39 is 0 Å². The minimum Gasteiger partial charge on any atom is -0.459 e. The summed E-state index contributed by atoms with van der Waals surface area (Å²) < 4.78 is 5.01. The van der Waals surface area contributed by atoms with Gasteiger partial charge in [-0.15, -0.1) is 0 Å². The molecule has 2 N–H and O–H groups in total. The highest BCUT2D eigenvalue weighted by atomic mass is 35.5. The van der Waals surface area contributed by atoms with Crippen LogP contribution < -0.4 is 10.6 Å². The van der Waals surface area contributed by atoms with Gasteiger partial charge in [-0.2, -0.15) is 0 Å². The molecule has 0 atom stereocenters. The van der Waals surface area contributed by atoms with Crippen LogP contribution in [0.2, 0.25) is 5.02 Å². The van der Waals surface area contributed by atoms with E-state index in [0.29, 0.717) is 22.8 Å². The number of halogens is 1. The molecular formula is C16H17ClN2O3. The lowest BCUT2D eigenvalue weighted by Crippen LogP contribution is -2.14. The fraction of sp³-hybridized carbons (Fsp3) is 0.250. The van der Waals surface area contributed by atoms with Crippen molar-refractivity contribution in [3.63, 3.8) is 0 Å². The zero-order chi connectivity index (χ0) is 16.1. The van der Waals surface area contributed by atoms with Crippen LogP contribution in [0.5, 0.6) is 0 Å². The molecule has 22 heavy (non-hydrogen) atoms. The number of furan rings is 1. The smallest absolute Gasteiger partial charge is 0.291 e. The van der Waals surface area contributed by atoms with E-state index >= 15 is 0 Å². The van der Waals surface area contributed by atoms with E-state index in [-0.39, 0.29) is 23.5 Å². The average Bonchev–Trinajstić information content (AvgIpc) is 2.94. The second kappa shape index (κ2) is 7.13. The highest BCUT2D eigenvalue weighted by Crippen LogP contribution is 2.26. The summed E-state index contributed by atoms with van der Waals surface area (Å²) in [5.41, 5.74) is 1.04. The van der Waals surface area contributed by atoms with Crippen molar-refractivity contribution in [3.8, 4) is 0 Å². The molecule has 0 aliphatic carbocycles. The van der Waals surface area contributed by atoms with Gasteiger partial charge in [-0.1, -0.05) is 25.4 Å². The largest absolute Gasteiger partial charge is 0.459 e. The van der Waals surface area contributed by atoms with Gasteiger partial charge in [0.25, 0.3) is 5.91 Å². The molecule has 0 radical (unpaired) electrons. The van der Waals surface area contributed by atoms with Gasteiger partial charge >= 0.3 is 0 Å². The molecule has 1 aromatic heterocycles. The lowest BCUT2D eigenvalue weighted by atomic mass is 10.1. The summed E-state index contributed by atoms with van der Waals surface area (Å²) in [6, 6.07) is 8.10. The molecule has 6 heteroatoms. The molecule has 1 aromatic carbocycles. The van der Waals surface area contributed by atoms with Crippen LogP contribution in [0.4, 0.5) is 11.4 Å². The van der Waals surface area contributed by atoms with Crippen molar-refractivity contribution < 1.29 is 14.0 Å². The fourth-order valence-corrected chi connectivity index (χ4v) is 2.10. The Morgan fingerprint density at radius 2 is 2.00 bits per heavy atom. The Bertz CT molecular complexity index is 666. The molecule has 2 amide bonds. The third-order valence-electron chi connectivity index (χ3n) is 2.84. The van der Waals surface area contributed by atoms with Crippen LogP contribution in [0.3, 0.4) is 0 Å². The topological polar surface area (TPSA) is 71.3 Å². The Labute approximate surface area is 133 Å². The Kier molecular flexibility index (Phi) is 5.22. The van der Waals surface area contributed by atoms with Crippen LogP contribution in [0, 0.1) is 5.92 Å². The fourth-order valence-electron chi connectivity index (χ4n) is 1.87. The molecule has 0 bridgehead atoms. The molecule has 1 heterocycles. The van der Waals surface area contributed by atoms with Crippen LogP contribution in [0.25, 0.3) is 0 Å². The summed E-state index contributed by atoms with van der Waals surface area (Å²) in [6.07, 6.45) is 1.86. The van der Waals surface area contributed by atoms with E-state index in [1.807, 2.05) is 13.8 Å². The first kappa shape index (κ1) is 16.1. The van der Waals surface area contributed by atoms with Crippen molar-refractivity contribution in [2.24, 2.45) is 5.92 Å². The van der Waals surface area contributed by atoms with E-state index in [1.165, 1.54) is 6.26 Å². The molecule has 0 aliphatic rings. The van der Waals surface area contributed by atoms with Crippen molar-refractivity contribution in [1.82, 2.24) is 0 Å². The minimum absolute atomic E-state index is 0.0709. The Hall–Kier alpha value is -2.27. The molecule has 2 rings (SSSR count). The molecular weight excluding hydrogens is 304 g/mol. The zero-order valence-corrected chi connectivity index (χ0v) is 13.1. The van der Waals surface area contributed by atoms with Crippen LogP contribution in [0.1, 0.15) is 30.8 Å². The quantitative estimate of drug-likeness (QED) is 0.868. The number of nitrogens with one attached hydrogen (secondary N) is 2. The van der Waals surface area contributed by atoms with Crippen molar-refractivity contribution in [1.29, 1.82) is 0 Å². The molecule has 5 nitrogen and oxygen atoms in total. The lowest BCUT2D eigenvalue weighted by molar-refractivity contribution is -0.116. The molecule has 2 aromatic rings. The van der Waals surface area contributed by atoms with E-state index in [4.69, 9.17) is 16.0 Å². The van der Waals surface area contributed by atoms with E-state index in [9.17, 15) is 9.59 Å². The van der Waals surface area contributed by atoms with E-state index in [1.54, 1.807) is 30.3 Å². The van der Waals surface area contributed by atoms with Crippen molar-refractivity contribution >= 4 is 34.8 Å². The van der Waals surface area contributed by atoms with E-state index in [0.717, 1.165) is 0 Å². The van der Waals surface area contributed by atoms with Gasteiger partial charge in [-0.3, -0.25) is 9.59 Å². The van der Waals surface area contributed by atoms with Gasteiger partial charge in [0.1, 0.15) is 0 Å². The lowest BCUT2D eigenvalue weighted by Gasteiger charge is -2.10. The SMILES string of the molecule is CC(C)CC(=O)Nc1ccc(NC(=O)c2ccco2)c(Cl)c1. The van der Waals surface area contributed by atoms with Crippen LogP contribution in [-0.2, 0) is 4.79 Å². The molecule has 0 saturated carbocycles. The molecule has 0 spiro atoms. The summed E-state index contributed by atoms with van der Waals surface area (Å²) in [4.78, 5) is 23.6. The molecule has 0 aliphatic heterocycles. The van der Waals surface area contributed by atoms with Gasteiger partial charge in [0.2, 0.25) is 5.91 Å². The van der Waals surface area contributed by atoms with Gasteiger partial charge in [0, 0.05) is 12.1 Å². The summed E-state index contributed by atoms with van der Waals surface area (Å²) in [7, 11) is 0. The van der Waals surface area contributed by atoms with Gasteiger partial charge in [-0.05, 0) is 36.2 Å². The zero-order valence-electron chi connectivity index (χ0n) is 12.4. The van der Waals surface area contributed by atoms with Crippen LogP contribution in [-0.4, -0.2) is 11.8 Å². The van der Waals surface area contributed by atoms with E-state index in [2.05, 4.69) is 10.6 Å². The number of hydrogen-bond donors (Lipinski definition) is 2. The number of carbonyl (C=O) groups excluding carboxylic acids is 2. The van der Waals surface area contributed by atoms with Crippen LogP contribution >= 0.6 is 11.6 Å². The highest BCUT2D eigenvalue weighted by molar-refractivity contribution is 6.34. The maximum absolute atomic E-state index is 11.9. The number of hydrogen-bond acceptors (Lipinski definition) is 3. The Morgan fingerprint density at radius 3 is 2.59 bits per heavy atom. The first-order chi connectivity index (χ1) is 10.5. The van der Waals surface area contributed by atoms with Crippen LogP contribution in [0.15, 0.2) is 41.0 Å². The van der Waals surface area contributed by atoms with Gasteiger partial charge in [0.05, 0.1) is 17.0 Å². The summed E-state index contributed by atoms with van der Waals surface area (Å²) >= 11 is 6.13. The number of carbonyl (C=O) groups is 2. The van der Waals surface area contributed by atoms with Gasteiger partial charge in [-0.25, -0.2) is 0 Å². The second-order valence-corrected chi connectivity index (χ2v) is 5.68. The summed E-state index contributed by atoms with van der Waals surface area (Å²) in [5.74, 6) is 0.0228. The first-order valence-corrected chi connectivity index (χ1v) is 7.27. The predicted molar refractivity (Wildman–Crippen MR) is 86.2 cm³/mol. The highest BCUT2D eigenvalue weighted by Gasteiger charge is 2.12. The number of rotatable bonds is 5. The average molecular weight is 321 g/mol. The van der Waals surface area contributed by atoms with Crippen molar-refractivity contribution in [2.45, 2.75) is 20.3 Å². The summed E-state index contributed by atoms with van der Waals surface area (Å²) in [5, 5.41) is 5.75.